The molecular weight excluding hydrogens is 234 g/mol. The van der Waals surface area contributed by atoms with Crippen LogP contribution in [0.15, 0.2) is 35.9 Å². The lowest BCUT2D eigenvalue weighted by atomic mass is 10.1. The number of benzene rings is 1. The number of nitrogens with one attached hydrogen (secondary N) is 1. The summed E-state index contributed by atoms with van der Waals surface area (Å²) in [7, 11) is -2.86. The van der Waals surface area contributed by atoms with Crippen LogP contribution in [0, 0.1) is 0 Å². The molecule has 1 rings (SSSR count). The molecule has 0 fully saturated rings. The van der Waals surface area contributed by atoms with Gasteiger partial charge in [-0.2, -0.15) is 0 Å². The third-order valence-corrected chi connectivity index (χ3v) is 3.21. The minimum Gasteiger partial charge on any atom is -0.312 e. The van der Waals surface area contributed by atoms with E-state index in [1.807, 2.05) is 37.3 Å². The van der Waals surface area contributed by atoms with Crippen LogP contribution in [0.4, 0.5) is 0 Å². The Bertz CT molecular complexity index is 463. The van der Waals surface area contributed by atoms with E-state index in [0.29, 0.717) is 13.1 Å². The van der Waals surface area contributed by atoms with Gasteiger partial charge in [-0.15, -0.1) is 0 Å². The Kier molecular flexibility index (Phi) is 5.38. The molecular formula is C13H19NO2S. The van der Waals surface area contributed by atoms with Gasteiger partial charge in [0.15, 0.2) is 0 Å². The molecule has 0 radical (unpaired) electrons. The molecule has 3 nitrogen and oxygen atoms in total. The van der Waals surface area contributed by atoms with Crippen LogP contribution in [0.1, 0.15) is 12.5 Å². The highest BCUT2D eigenvalue weighted by Gasteiger charge is 2.00. The summed E-state index contributed by atoms with van der Waals surface area (Å²) in [5, 5.41) is 3.11. The van der Waals surface area contributed by atoms with Crippen LogP contribution in [0.2, 0.25) is 0 Å². The van der Waals surface area contributed by atoms with Crippen LogP contribution in [0.5, 0.6) is 0 Å². The number of hydrogen-bond acceptors (Lipinski definition) is 3. The summed E-state index contributed by atoms with van der Waals surface area (Å²) in [5.74, 6) is 0.186. The molecule has 0 unspecified atom stereocenters. The van der Waals surface area contributed by atoms with E-state index < -0.39 is 9.84 Å². The fraction of sp³-hybridized carbons (Fsp3) is 0.385. The highest BCUT2D eigenvalue weighted by molar-refractivity contribution is 7.90. The second kappa shape index (κ2) is 6.57. The Morgan fingerprint density at radius 1 is 1.29 bits per heavy atom. The van der Waals surface area contributed by atoms with E-state index in [1.54, 1.807) is 0 Å². The monoisotopic (exact) mass is 253 g/mol. The van der Waals surface area contributed by atoms with Crippen molar-refractivity contribution in [2.45, 2.75) is 6.92 Å². The maximum Gasteiger partial charge on any atom is 0.148 e. The van der Waals surface area contributed by atoms with Gasteiger partial charge in [-0.25, -0.2) is 8.42 Å². The lowest BCUT2D eigenvalue weighted by molar-refractivity contribution is 0.598. The fourth-order valence-corrected chi connectivity index (χ4v) is 1.94. The first-order chi connectivity index (χ1) is 7.97. The second-order valence-electron chi connectivity index (χ2n) is 4.21. The molecule has 17 heavy (non-hydrogen) atoms. The molecule has 0 aliphatic heterocycles. The summed E-state index contributed by atoms with van der Waals surface area (Å²) in [6.07, 6.45) is 3.34. The molecule has 0 saturated carbocycles. The first kappa shape index (κ1) is 13.9. The second-order valence-corrected chi connectivity index (χ2v) is 6.47. The van der Waals surface area contributed by atoms with Gasteiger partial charge in [0.25, 0.3) is 0 Å². The topological polar surface area (TPSA) is 46.2 Å². The van der Waals surface area contributed by atoms with Crippen molar-refractivity contribution in [1.82, 2.24) is 5.32 Å². The van der Waals surface area contributed by atoms with E-state index >= 15 is 0 Å². The standard InChI is InChI=1S/C13H19NO2S/c1-12(10-13-6-4-3-5-7-13)11-14-8-9-17(2,15)16/h3-7,10,14H,8-9,11H2,1-2H3/b12-10-. The van der Waals surface area contributed by atoms with Crippen LogP contribution in [-0.2, 0) is 9.84 Å². The van der Waals surface area contributed by atoms with E-state index in [9.17, 15) is 8.42 Å². The lowest BCUT2D eigenvalue weighted by Gasteiger charge is -2.04. The molecule has 0 spiro atoms. The van der Waals surface area contributed by atoms with Crippen molar-refractivity contribution in [3.63, 3.8) is 0 Å². The zero-order valence-electron chi connectivity index (χ0n) is 10.3. The van der Waals surface area contributed by atoms with E-state index in [1.165, 1.54) is 11.8 Å². The fourth-order valence-electron chi connectivity index (χ4n) is 1.43. The van der Waals surface area contributed by atoms with Gasteiger partial charge >= 0.3 is 0 Å². The van der Waals surface area contributed by atoms with Crippen LogP contribution >= 0.6 is 0 Å². The van der Waals surface area contributed by atoms with Crippen molar-refractivity contribution < 1.29 is 8.42 Å². The minimum absolute atomic E-state index is 0.186. The molecule has 0 aliphatic carbocycles. The first-order valence-electron chi connectivity index (χ1n) is 5.58. The summed E-state index contributed by atoms with van der Waals surface area (Å²) in [5.41, 5.74) is 2.35. The molecule has 4 heteroatoms. The van der Waals surface area contributed by atoms with E-state index in [4.69, 9.17) is 0 Å². The average Bonchev–Trinajstić information content (AvgIpc) is 2.25. The lowest BCUT2D eigenvalue weighted by Crippen LogP contribution is -2.23. The predicted molar refractivity (Wildman–Crippen MR) is 72.7 cm³/mol. The maximum absolute atomic E-state index is 10.9. The Morgan fingerprint density at radius 3 is 2.53 bits per heavy atom. The van der Waals surface area contributed by atoms with Crippen LogP contribution < -0.4 is 5.32 Å². The summed E-state index contributed by atoms with van der Waals surface area (Å²) in [4.78, 5) is 0. The molecule has 0 saturated heterocycles. The average molecular weight is 253 g/mol. The van der Waals surface area contributed by atoms with Gasteiger partial charge in [0.2, 0.25) is 0 Å². The molecule has 0 amide bonds. The summed E-state index contributed by atoms with van der Waals surface area (Å²) < 4.78 is 21.8. The van der Waals surface area contributed by atoms with E-state index in [0.717, 1.165) is 5.56 Å². The van der Waals surface area contributed by atoms with Crippen molar-refractivity contribution >= 4 is 15.9 Å². The molecule has 0 aromatic heterocycles. The van der Waals surface area contributed by atoms with Crippen LogP contribution in [-0.4, -0.2) is 33.5 Å². The Labute approximate surface area is 103 Å². The zero-order valence-corrected chi connectivity index (χ0v) is 11.1. The third kappa shape index (κ3) is 6.92. The highest BCUT2D eigenvalue weighted by atomic mass is 32.2. The molecule has 1 aromatic carbocycles. The maximum atomic E-state index is 10.9. The van der Waals surface area contributed by atoms with Gasteiger partial charge in [-0.1, -0.05) is 42.0 Å². The smallest absolute Gasteiger partial charge is 0.148 e. The van der Waals surface area contributed by atoms with Crippen LogP contribution in [0.3, 0.4) is 0 Å². The van der Waals surface area contributed by atoms with Crippen molar-refractivity contribution in [1.29, 1.82) is 0 Å². The van der Waals surface area contributed by atoms with Gasteiger partial charge < -0.3 is 5.32 Å². The van der Waals surface area contributed by atoms with Gasteiger partial charge in [-0.05, 0) is 12.5 Å². The van der Waals surface area contributed by atoms with Crippen LogP contribution in [0.25, 0.3) is 6.08 Å². The van der Waals surface area contributed by atoms with Crippen molar-refractivity contribution in [2.75, 3.05) is 25.1 Å². The Morgan fingerprint density at radius 2 is 1.94 bits per heavy atom. The van der Waals surface area contributed by atoms with Crippen molar-refractivity contribution in [3.8, 4) is 0 Å². The molecule has 1 aromatic rings. The van der Waals surface area contributed by atoms with Gasteiger partial charge in [0, 0.05) is 19.3 Å². The molecule has 0 heterocycles. The Balaban J connectivity index is 2.35. The third-order valence-electron chi connectivity index (χ3n) is 2.27. The van der Waals surface area contributed by atoms with Gasteiger partial charge in [0.1, 0.15) is 9.84 Å². The molecule has 0 aliphatic rings. The molecule has 1 N–H and O–H groups in total. The zero-order chi connectivity index (χ0) is 12.7. The van der Waals surface area contributed by atoms with Gasteiger partial charge in [-0.3, -0.25) is 0 Å². The minimum atomic E-state index is -2.86. The van der Waals surface area contributed by atoms with Gasteiger partial charge in [0.05, 0.1) is 5.75 Å². The van der Waals surface area contributed by atoms with Crippen molar-refractivity contribution in [2.24, 2.45) is 0 Å². The summed E-state index contributed by atoms with van der Waals surface area (Å²) in [6, 6.07) is 10.1. The molecule has 0 atom stereocenters. The number of hydrogen-bond donors (Lipinski definition) is 1. The van der Waals surface area contributed by atoms with E-state index in [2.05, 4.69) is 11.4 Å². The first-order valence-corrected chi connectivity index (χ1v) is 7.64. The number of rotatable bonds is 6. The summed E-state index contributed by atoms with van der Waals surface area (Å²) in [6.45, 7) is 3.24. The normalized spacial score (nSPS) is 12.7. The van der Waals surface area contributed by atoms with Crippen molar-refractivity contribution in [3.05, 3.63) is 41.5 Å². The number of sulfone groups is 1. The van der Waals surface area contributed by atoms with E-state index in [-0.39, 0.29) is 5.75 Å². The quantitative estimate of drug-likeness (QED) is 0.785. The highest BCUT2D eigenvalue weighted by Crippen LogP contribution is 2.04. The molecule has 94 valence electrons. The predicted octanol–water partition coefficient (Wildman–Crippen LogP) is 1.72. The largest absolute Gasteiger partial charge is 0.312 e. The Hall–Kier alpha value is -1.13. The SMILES string of the molecule is C/C(=C/c1ccccc1)CNCCS(C)(=O)=O. The summed E-state index contributed by atoms with van der Waals surface area (Å²) >= 11 is 0. The molecule has 0 bridgehead atoms.